The van der Waals surface area contributed by atoms with E-state index in [2.05, 4.69) is 9.80 Å². The van der Waals surface area contributed by atoms with E-state index in [-0.39, 0.29) is 18.5 Å². The van der Waals surface area contributed by atoms with Gasteiger partial charge in [0.25, 0.3) is 0 Å². The van der Waals surface area contributed by atoms with Gasteiger partial charge in [-0.25, -0.2) is 4.39 Å². The Bertz CT molecular complexity index is 494. The number of hydrogen-bond acceptors (Lipinski definition) is 4. The predicted molar refractivity (Wildman–Crippen MR) is 87.7 cm³/mol. The van der Waals surface area contributed by atoms with Gasteiger partial charge in [0.05, 0.1) is 0 Å². The van der Waals surface area contributed by atoms with Crippen LogP contribution in [0.4, 0.5) is 4.39 Å². The molecule has 1 N–H and O–H groups in total. The van der Waals surface area contributed by atoms with Gasteiger partial charge in [-0.1, -0.05) is 18.2 Å². The Morgan fingerprint density at radius 3 is 2.70 bits per heavy atom. The molecule has 128 valence electrons. The van der Waals surface area contributed by atoms with Gasteiger partial charge in [-0.05, 0) is 25.3 Å². The van der Waals surface area contributed by atoms with Crippen LogP contribution < -0.4 is 0 Å². The summed E-state index contributed by atoms with van der Waals surface area (Å²) in [6.45, 7) is 5.41. The van der Waals surface area contributed by atoms with Gasteiger partial charge in [0.15, 0.2) is 0 Å². The molecule has 0 aromatic heterocycles. The fraction of sp³-hybridized carbons (Fsp3) is 0.667. The second kappa shape index (κ2) is 8.20. The van der Waals surface area contributed by atoms with Crippen LogP contribution in [0.3, 0.4) is 0 Å². The number of aliphatic hydroxyl groups is 1. The van der Waals surface area contributed by atoms with Crippen LogP contribution in [0.2, 0.25) is 0 Å². The quantitative estimate of drug-likeness (QED) is 0.898. The summed E-state index contributed by atoms with van der Waals surface area (Å²) in [6, 6.07) is 7.88. The Morgan fingerprint density at radius 1 is 1.17 bits per heavy atom. The first-order valence-electron chi connectivity index (χ1n) is 8.68. The van der Waals surface area contributed by atoms with Crippen LogP contribution in [0.1, 0.15) is 24.8 Å². The third kappa shape index (κ3) is 4.29. The van der Waals surface area contributed by atoms with Crippen LogP contribution in [0.15, 0.2) is 24.3 Å². The number of nitrogens with zero attached hydrogens (tertiary/aromatic N) is 2. The molecule has 2 aliphatic heterocycles. The van der Waals surface area contributed by atoms with Gasteiger partial charge < -0.3 is 9.84 Å². The molecule has 2 heterocycles. The number of benzene rings is 1. The van der Waals surface area contributed by atoms with Gasteiger partial charge in [0.2, 0.25) is 0 Å². The maximum atomic E-state index is 13.9. The highest BCUT2D eigenvalue weighted by Crippen LogP contribution is 2.22. The standard InChI is InChI=1S/C18H27FN2O2/c19-18-4-2-1-3-15(18)13-20-8-9-21(14-17(20)5-10-22)16-6-11-23-12-7-16/h1-4,16-17,22H,5-14H2/t17-/m1/s1. The number of piperazine rings is 1. The van der Waals surface area contributed by atoms with Crippen molar-refractivity contribution in [1.29, 1.82) is 0 Å². The molecule has 0 radical (unpaired) electrons. The molecule has 2 aliphatic rings. The van der Waals surface area contributed by atoms with Crippen LogP contribution in [0.5, 0.6) is 0 Å². The highest BCUT2D eigenvalue weighted by molar-refractivity contribution is 5.17. The van der Waals surface area contributed by atoms with Gasteiger partial charge in [-0.2, -0.15) is 0 Å². The molecule has 23 heavy (non-hydrogen) atoms. The van der Waals surface area contributed by atoms with E-state index in [4.69, 9.17) is 4.74 Å². The minimum atomic E-state index is -0.137. The number of halogens is 1. The van der Waals surface area contributed by atoms with Crippen molar-refractivity contribution < 1.29 is 14.2 Å². The maximum Gasteiger partial charge on any atom is 0.127 e. The largest absolute Gasteiger partial charge is 0.396 e. The zero-order valence-electron chi connectivity index (χ0n) is 13.7. The summed E-state index contributed by atoms with van der Waals surface area (Å²) in [5, 5.41) is 9.41. The van der Waals surface area contributed by atoms with Crippen LogP contribution in [-0.2, 0) is 11.3 Å². The van der Waals surface area contributed by atoms with E-state index < -0.39 is 0 Å². The first-order chi connectivity index (χ1) is 11.3. The minimum Gasteiger partial charge on any atom is -0.396 e. The Labute approximate surface area is 137 Å². The second-order valence-corrected chi connectivity index (χ2v) is 6.57. The third-order valence-electron chi connectivity index (χ3n) is 5.14. The van der Waals surface area contributed by atoms with Gasteiger partial charge >= 0.3 is 0 Å². The Hall–Kier alpha value is -1.01. The lowest BCUT2D eigenvalue weighted by atomic mass is 10.0. The molecule has 4 nitrogen and oxygen atoms in total. The van der Waals surface area contributed by atoms with E-state index in [1.54, 1.807) is 6.07 Å². The van der Waals surface area contributed by atoms with Crippen molar-refractivity contribution in [1.82, 2.24) is 9.80 Å². The molecule has 1 aromatic carbocycles. The van der Waals surface area contributed by atoms with Crippen molar-refractivity contribution in [2.24, 2.45) is 0 Å². The maximum absolute atomic E-state index is 13.9. The number of ether oxygens (including phenoxy) is 1. The van der Waals surface area contributed by atoms with Crippen LogP contribution in [-0.4, -0.2) is 66.4 Å². The summed E-state index contributed by atoms with van der Waals surface area (Å²) in [6.07, 6.45) is 2.94. The molecule has 5 heteroatoms. The van der Waals surface area contributed by atoms with Crippen molar-refractivity contribution >= 4 is 0 Å². The molecule has 0 saturated carbocycles. The molecule has 1 atom stereocenters. The van der Waals surface area contributed by atoms with E-state index in [9.17, 15) is 9.50 Å². The number of hydrogen-bond donors (Lipinski definition) is 1. The number of rotatable bonds is 5. The lowest BCUT2D eigenvalue weighted by molar-refractivity contribution is -0.0119. The summed E-state index contributed by atoms with van der Waals surface area (Å²) in [5.41, 5.74) is 0.745. The fourth-order valence-corrected chi connectivity index (χ4v) is 3.78. The van der Waals surface area contributed by atoms with Gasteiger partial charge in [-0.3, -0.25) is 9.80 Å². The predicted octanol–water partition coefficient (Wildman–Crippen LogP) is 1.87. The topological polar surface area (TPSA) is 35.9 Å². The van der Waals surface area contributed by atoms with Crippen LogP contribution in [0, 0.1) is 5.82 Å². The Morgan fingerprint density at radius 2 is 1.96 bits per heavy atom. The molecule has 0 aliphatic carbocycles. The average Bonchev–Trinajstić information content (AvgIpc) is 2.59. The summed E-state index contributed by atoms with van der Waals surface area (Å²) < 4.78 is 19.4. The molecular weight excluding hydrogens is 295 g/mol. The fourth-order valence-electron chi connectivity index (χ4n) is 3.78. The second-order valence-electron chi connectivity index (χ2n) is 6.57. The molecule has 0 bridgehead atoms. The third-order valence-corrected chi connectivity index (χ3v) is 5.14. The Balaban J connectivity index is 1.63. The van der Waals surface area contributed by atoms with Gasteiger partial charge in [-0.15, -0.1) is 0 Å². The van der Waals surface area contributed by atoms with Crippen molar-refractivity contribution in [3.05, 3.63) is 35.6 Å². The summed E-state index contributed by atoms with van der Waals surface area (Å²) in [4.78, 5) is 4.87. The molecule has 3 rings (SSSR count). The van der Waals surface area contributed by atoms with E-state index in [0.717, 1.165) is 57.7 Å². The summed E-state index contributed by atoms with van der Waals surface area (Å²) in [5.74, 6) is -0.137. The molecule has 2 fully saturated rings. The van der Waals surface area contributed by atoms with E-state index in [1.807, 2.05) is 12.1 Å². The summed E-state index contributed by atoms with van der Waals surface area (Å²) in [7, 11) is 0. The van der Waals surface area contributed by atoms with Crippen molar-refractivity contribution in [3.8, 4) is 0 Å². The van der Waals surface area contributed by atoms with Crippen LogP contribution in [0.25, 0.3) is 0 Å². The van der Waals surface area contributed by atoms with Gasteiger partial charge in [0.1, 0.15) is 5.82 Å². The van der Waals surface area contributed by atoms with Crippen molar-refractivity contribution in [2.45, 2.75) is 37.9 Å². The highest BCUT2D eigenvalue weighted by Gasteiger charge is 2.31. The average molecular weight is 322 g/mol. The van der Waals surface area contributed by atoms with Crippen LogP contribution >= 0.6 is 0 Å². The van der Waals surface area contributed by atoms with E-state index >= 15 is 0 Å². The molecule has 1 aromatic rings. The number of aliphatic hydroxyl groups excluding tert-OH is 1. The normalized spacial score (nSPS) is 24.9. The minimum absolute atomic E-state index is 0.137. The Kier molecular flexibility index (Phi) is 6.00. The molecule has 2 saturated heterocycles. The highest BCUT2D eigenvalue weighted by atomic mass is 19.1. The molecule has 0 spiro atoms. The van der Waals surface area contributed by atoms with Crippen molar-refractivity contribution in [3.63, 3.8) is 0 Å². The first-order valence-corrected chi connectivity index (χ1v) is 8.68. The molecular formula is C18H27FN2O2. The first kappa shape index (κ1) is 16.8. The molecule has 0 amide bonds. The SMILES string of the molecule is OCC[C@@H]1CN(C2CCOCC2)CCN1Cc1ccccc1F. The van der Waals surface area contributed by atoms with E-state index in [1.165, 1.54) is 6.07 Å². The monoisotopic (exact) mass is 322 g/mol. The lowest BCUT2D eigenvalue weighted by Gasteiger charge is -2.45. The zero-order chi connectivity index (χ0) is 16.1. The smallest absolute Gasteiger partial charge is 0.127 e. The lowest BCUT2D eigenvalue weighted by Crippen LogP contribution is -2.56. The van der Waals surface area contributed by atoms with E-state index in [0.29, 0.717) is 12.6 Å². The molecule has 0 unspecified atom stereocenters. The zero-order valence-corrected chi connectivity index (χ0v) is 13.7. The summed E-state index contributed by atoms with van der Waals surface area (Å²) >= 11 is 0. The van der Waals surface area contributed by atoms with Crippen molar-refractivity contribution in [2.75, 3.05) is 39.5 Å². The van der Waals surface area contributed by atoms with Gasteiger partial charge in [0, 0.05) is 63.6 Å².